The fraction of sp³-hybridized carbons (Fsp3) is 0.565. The Hall–Kier alpha value is -5.91. The Morgan fingerprint density at radius 1 is 0.254 bits per heavy atom. The number of nitrogens with zero attached hydrogens (tertiary/aromatic N) is 4. The molecule has 8 atom stereocenters. The number of benzene rings is 6. The second-order valence-corrected chi connectivity index (χ2v) is 43.6. The predicted molar refractivity (Wildman–Crippen MR) is 457 cm³/mol. The minimum Gasteiger partial charge on any atom is -0.480 e. The van der Waals surface area contributed by atoms with E-state index in [1.807, 2.05) is 159 Å². The van der Waals surface area contributed by atoms with Crippen LogP contribution in [-0.2, 0) is 98.2 Å². The van der Waals surface area contributed by atoms with Gasteiger partial charge in [-0.05, 0) is 211 Å². The van der Waals surface area contributed by atoms with Crippen molar-refractivity contribution >= 4 is 64.0 Å². The van der Waals surface area contributed by atoms with Crippen molar-refractivity contribution in [1.82, 2.24) is 17.2 Å². The monoisotopic (exact) mass is 1880 g/mol. The maximum atomic E-state index is 15.2. The second-order valence-electron chi connectivity index (χ2n) is 36.4. The van der Waals surface area contributed by atoms with Crippen LogP contribution in [0.15, 0.2) is 117 Å². The minimum atomic E-state index is -4.41. The van der Waals surface area contributed by atoms with Gasteiger partial charge in [0, 0.05) is 39.0 Å². The summed E-state index contributed by atoms with van der Waals surface area (Å²) >= 11 is 0. The van der Waals surface area contributed by atoms with Crippen LogP contribution in [0.3, 0.4) is 0 Å². The Bertz CT molecular complexity index is 4430. The average Bonchev–Trinajstić information content (AvgIpc) is 1.57. The van der Waals surface area contributed by atoms with Crippen molar-refractivity contribution in [1.29, 1.82) is 0 Å². The number of carbonyl (C=O) groups is 4. The molecule has 20 nitrogen and oxygen atoms in total. The maximum absolute atomic E-state index is 15.2. The Kier molecular flexibility index (Phi) is 32.7. The van der Waals surface area contributed by atoms with Crippen LogP contribution in [-0.4, -0.2) is 119 Å². The molecule has 4 aliphatic heterocycles. The van der Waals surface area contributed by atoms with E-state index in [0.717, 1.165) is 22.3 Å². The molecule has 10 rings (SSSR count). The summed E-state index contributed by atoms with van der Waals surface area (Å²) in [7, 11) is -17.7. The third-order valence-electron chi connectivity index (χ3n) is 24.3. The van der Waals surface area contributed by atoms with E-state index in [-0.39, 0.29) is 181 Å². The van der Waals surface area contributed by atoms with Gasteiger partial charge in [0.05, 0.1) is 43.7 Å². The molecule has 4 heterocycles. The van der Waals surface area contributed by atoms with E-state index in [1.165, 1.54) is 17.2 Å². The van der Waals surface area contributed by atoms with Gasteiger partial charge in [-0.1, -0.05) is 263 Å². The largest absolute Gasteiger partial charge is 0.480 e. The predicted octanol–water partition coefficient (Wildman–Crippen LogP) is 20.8. The molecule has 6 aromatic carbocycles. The van der Waals surface area contributed by atoms with Crippen molar-refractivity contribution in [2.45, 2.75) is 356 Å². The van der Waals surface area contributed by atoms with Gasteiger partial charge in [-0.25, -0.2) is 33.7 Å². The number of carboxylic acid groups (broad SMARTS) is 4. The number of rotatable bonds is 28. The molecule has 4 saturated heterocycles. The normalized spacial score (nSPS) is 20.8. The Morgan fingerprint density at radius 2 is 0.398 bits per heavy atom. The summed E-state index contributed by atoms with van der Waals surface area (Å²) in [5, 5.41) is 42.0. The topological polar surface area (TPSA) is 299 Å². The summed E-state index contributed by atoms with van der Waals surface area (Å²) in [5.41, 5.74) is 11.3. The number of hydrogen-bond donors (Lipinski definition) is 4. The van der Waals surface area contributed by atoms with Gasteiger partial charge >= 0.3 is 23.9 Å². The van der Waals surface area contributed by atoms with Crippen LogP contribution < -0.4 is 0 Å². The first-order valence-electron chi connectivity index (χ1n) is 41.8. The average molecular weight is 1880 g/mol. The fourth-order valence-electron chi connectivity index (χ4n) is 17.8. The molecule has 654 valence electrons. The van der Waals surface area contributed by atoms with E-state index in [1.54, 1.807) is 48.5 Å². The first-order chi connectivity index (χ1) is 53.8. The van der Waals surface area contributed by atoms with Gasteiger partial charge in [-0.15, -0.1) is 0 Å². The standard InChI is InChI=1S/2C46H64N2O8S2.2Rh/c2*1-25(2)33-21-35(27(5)6)43(36(22-33)28(7)8)57(53,54)47-39(16-18-41(47)45(49)50)31-14-13-15-32(20-31)40-17-19-42(46(51)52)48(40)58(55,56)44-37(29(9)10)23-34(26(3)4)24-38(44)30(11)12;;/h2*13-15,20-30,39-42H,16-19H2,1-12H3,(H,49,50)(H,51,52);;/t2*39-,40-,41+,42+;;/m11../s1. The summed E-state index contributed by atoms with van der Waals surface area (Å²) in [4.78, 5) is 52.2. The molecular weight excluding hydrogens is 1750 g/mol. The van der Waals surface area contributed by atoms with Gasteiger partial charge in [0.15, 0.2) is 0 Å². The van der Waals surface area contributed by atoms with E-state index in [9.17, 15) is 39.6 Å². The number of carboxylic acids is 4. The molecule has 6 aromatic rings. The minimum absolute atomic E-state index is 0. The Labute approximate surface area is 730 Å². The van der Waals surface area contributed by atoms with E-state index in [0.29, 0.717) is 66.8 Å². The molecule has 118 heavy (non-hydrogen) atoms. The molecule has 0 bridgehead atoms. The molecule has 4 N–H and O–H groups in total. The van der Waals surface area contributed by atoms with Crippen LogP contribution >= 0.6 is 0 Å². The molecule has 0 aromatic heterocycles. The molecule has 0 spiro atoms. The maximum Gasteiger partial charge on any atom is 0.322 e. The van der Waals surface area contributed by atoms with Crippen molar-refractivity contribution in [2.24, 2.45) is 0 Å². The zero-order valence-electron chi connectivity index (χ0n) is 73.2. The van der Waals surface area contributed by atoms with Crippen molar-refractivity contribution in [3.05, 3.63) is 186 Å². The van der Waals surface area contributed by atoms with E-state index >= 15 is 33.7 Å². The van der Waals surface area contributed by atoms with Crippen LogP contribution in [0.4, 0.5) is 0 Å². The molecule has 0 amide bonds. The molecule has 0 saturated carbocycles. The third-order valence-corrected chi connectivity index (χ3v) is 32.5. The van der Waals surface area contributed by atoms with Crippen molar-refractivity contribution < 1.29 is 112 Å². The third kappa shape index (κ3) is 19.7. The summed E-state index contributed by atoms with van der Waals surface area (Å²) < 4.78 is 126. The molecule has 4 fully saturated rings. The fourth-order valence-corrected chi connectivity index (χ4v) is 27.7. The van der Waals surface area contributed by atoms with Gasteiger partial charge in [0.2, 0.25) is 40.1 Å². The SMILES string of the molecule is CC(C)c1cc(C(C)C)c(S(=O)(=O)N2[C@@H](c3cccc([C@H]4CC[C@@H](C(=O)O)N4S(=O)(=O)c4c(C(C)C)cc(C(C)C)cc4C(C)C)c3)CC[C@H]2C(=O)O)c(C(C)C)c1.CC(C)c1cc(C(C)C)c(S(=O)(=O)N2[C@@H](c3cccc([C@H]4CC[C@@H](C(=O)O)N4S(=O)(=O)c4c(C(C)C)cc(C(C)C)cc4C(C)C)c3)CC[C@H]2C(=O)O)c(C(C)C)c1.[Rh].[Rh]. The first kappa shape index (κ1) is 99.2. The van der Waals surface area contributed by atoms with Crippen LogP contribution in [0.1, 0.15) is 402 Å². The van der Waals surface area contributed by atoms with E-state index in [2.05, 4.69) is 55.4 Å². The van der Waals surface area contributed by atoms with Gasteiger partial charge in [-0.2, -0.15) is 17.2 Å². The van der Waals surface area contributed by atoms with Gasteiger partial charge in [0.25, 0.3) is 0 Å². The summed E-state index contributed by atoms with van der Waals surface area (Å²) in [6.45, 7) is 47.6. The molecular formula is C92H128N4O16Rh2S4. The zero-order chi connectivity index (χ0) is 86.7. The first-order valence-corrected chi connectivity index (χ1v) is 47.6. The summed E-state index contributed by atoms with van der Waals surface area (Å²) in [6, 6.07) is 20.8. The number of sulfonamides is 4. The smallest absolute Gasteiger partial charge is 0.322 e. The van der Waals surface area contributed by atoms with E-state index < -0.39 is 112 Å². The van der Waals surface area contributed by atoms with Crippen molar-refractivity contribution in [3.8, 4) is 0 Å². The Balaban J connectivity index is 0.000000320. The van der Waals surface area contributed by atoms with Crippen molar-refractivity contribution in [2.75, 3.05) is 0 Å². The molecule has 0 aliphatic carbocycles. The summed E-state index contributed by atoms with van der Waals surface area (Å²) in [6.07, 6.45) is 1.31. The number of hydrogen-bond acceptors (Lipinski definition) is 12. The quantitative estimate of drug-likeness (QED) is 0.0332. The molecule has 2 radical (unpaired) electrons. The van der Waals surface area contributed by atoms with Crippen LogP contribution in [0.25, 0.3) is 0 Å². The Morgan fingerprint density at radius 3 is 0.517 bits per heavy atom. The van der Waals surface area contributed by atoms with Crippen LogP contribution in [0.2, 0.25) is 0 Å². The molecule has 26 heteroatoms. The molecule has 4 aliphatic rings. The van der Waals surface area contributed by atoms with Gasteiger partial charge < -0.3 is 20.4 Å². The summed E-state index contributed by atoms with van der Waals surface area (Å²) in [5.74, 6) is -5.69. The van der Waals surface area contributed by atoms with Gasteiger partial charge in [-0.3, -0.25) is 19.2 Å². The van der Waals surface area contributed by atoms with Crippen LogP contribution in [0.5, 0.6) is 0 Å². The van der Waals surface area contributed by atoms with E-state index in [4.69, 9.17) is 0 Å². The zero-order valence-corrected chi connectivity index (χ0v) is 79.8. The van der Waals surface area contributed by atoms with Crippen LogP contribution in [0, 0.1) is 0 Å². The molecule has 0 unspecified atom stereocenters. The number of aliphatic carboxylic acids is 4. The van der Waals surface area contributed by atoms with Gasteiger partial charge in [0.1, 0.15) is 24.2 Å². The van der Waals surface area contributed by atoms with Crippen molar-refractivity contribution in [3.63, 3.8) is 0 Å². The second kappa shape index (κ2) is 38.9.